The summed E-state index contributed by atoms with van der Waals surface area (Å²) in [6, 6.07) is 13.8. The third-order valence-corrected chi connectivity index (χ3v) is 8.20. The van der Waals surface area contributed by atoms with Crippen LogP contribution in [0.4, 0.5) is 0 Å². The summed E-state index contributed by atoms with van der Waals surface area (Å²) < 4.78 is 12.5. The highest BCUT2D eigenvalue weighted by Gasteiger charge is 2.44. The molecule has 7 heteroatoms. The fraction of sp³-hybridized carbons (Fsp3) is 0.517. The second kappa shape index (κ2) is 10.8. The highest BCUT2D eigenvalue weighted by Crippen LogP contribution is 2.32. The molecular formula is C29H35ClN2O4. The van der Waals surface area contributed by atoms with E-state index >= 15 is 0 Å². The molecule has 2 aromatic carbocycles. The topological polar surface area (TPSA) is 59.1 Å². The lowest BCUT2D eigenvalue weighted by Gasteiger charge is -2.43. The fourth-order valence-electron chi connectivity index (χ4n) is 5.72. The van der Waals surface area contributed by atoms with Gasteiger partial charge < -0.3 is 19.3 Å². The van der Waals surface area contributed by atoms with E-state index in [0.717, 1.165) is 50.8 Å². The van der Waals surface area contributed by atoms with Crippen molar-refractivity contribution in [2.45, 2.75) is 51.0 Å². The lowest BCUT2D eigenvalue weighted by atomic mass is 9.94. The van der Waals surface area contributed by atoms with Crippen LogP contribution >= 0.6 is 11.6 Å². The van der Waals surface area contributed by atoms with Gasteiger partial charge in [0.1, 0.15) is 18.0 Å². The number of likely N-dealkylation sites (tertiary alicyclic amines) is 1. The SMILES string of the molecule is Cc1cc(OC[C@]2(CC(=O)N3CCCCC3)CN(C(=O)C3Cc4ccccc4C3)CCO2)ccc1Cl. The number of nitrogens with zero attached hydrogens (tertiary/aromatic N) is 2. The third-order valence-electron chi connectivity index (χ3n) is 7.77. The first-order chi connectivity index (χ1) is 17.4. The number of hydrogen-bond donors (Lipinski definition) is 0. The van der Waals surface area contributed by atoms with E-state index in [1.54, 1.807) is 0 Å². The number of carbonyl (C=O) groups is 2. The number of fused-ring (bicyclic) bond motifs is 1. The molecular weight excluding hydrogens is 476 g/mol. The Morgan fingerprint density at radius 2 is 1.75 bits per heavy atom. The number of halogens is 1. The summed E-state index contributed by atoms with van der Waals surface area (Å²) in [6.07, 6.45) is 4.98. The number of morpholine rings is 1. The van der Waals surface area contributed by atoms with E-state index in [1.807, 2.05) is 47.1 Å². The van der Waals surface area contributed by atoms with Gasteiger partial charge in [-0.05, 0) is 73.9 Å². The first-order valence-corrected chi connectivity index (χ1v) is 13.5. The molecule has 2 amide bonds. The molecule has 2 heterocycles. The molecule has 192 valence electrons. The van der Waals surface area contributed by atoms with Crippen LogP contribution in [0.2, 0.25) is 5.02 Å². The van der Waals surface area contributed by atoms with Crippen LogP contribution in [0.3, 0.4) is 0 Å². The first kappa shape index (κ1) is 25.1. The zero-order valence-electron chi connectivity index (χ0n) is 21.0. The maximum atomic E-state index is 13.6. The molecule has 6 nitrogen and oxygen atoms in total. The standard InChI is InChI=1S/C29H35ClN2O4/c1-21-15-25(9-10-26(21)30)35-20-29(18-27(33)31-11-5-2-6-12-31)19-32(13-14-36-29)28(34)24-16-22-7-3-4-8-23(22)17-24/h3-4,7-10,15,24H,2,5-6,11-14,16-20H2,1H3/t29-/m0/s1. The highest BCUT2D eigenvalue weighted by molar-refractivity contribution is 6.31. The molecule has 2 fully saturated rings. The first-order valence-electron chi connectivity index (χ1n) is 13.1. The second-order valence-electron chi connectivity index (χ2n) is 10.5. The van der Waals surface area contributed by atoms with Crippen LogP contribution in [0.15, 0.2) is 42.5 Å². The molecule has 0 radical (unpaired) electrons. The number of hydrogen-bond acceptors (Lipinski definition) is 4. The van der Waals surface area contributed by atoms with Gasteiger partial charge in [-0.15, -0.1) is 0 Å². The lowest BCUT2D eigenvalue weighted by Crippen LogP contribution is -2.59. The fourth-order valence-corrected chi connectivity index (χ4v) is 5.84. The van der Waals surface area contributed by atoms with E-state index in [4.69, 9.17) is 21.1 Å². The molecule has 2 aliphatic heterocycles. The Labute approximate surface area is 218 Å². The minimum Gasteiger partial charge on any atom is -0.490 e. The molecule has 36 heavy (non-hydrogen) atoms. The summed E-state index contributed by atoms with van der Waals surface area (Å²) in [5, 5.41) is 0.681. The van der Waals surface area contributed by atoms with E-state index in [9.17, 15) is 9.59 Å². The van der Waals surface area contributed by atoms with Gasteiger partial charge in [-0.2, -0.15) is 0 Å². The van der Waals surface area contributed by atoms with Crippen LogP contribution in [0.1, 0.15) is 42.4 Å². The number of piperidine rings is 1. The highest BCUT2D eigenvalue weighted by atomic mass is 35.5. The molecule has 0 aromatic heterocycles. The zero-order chi connectivity index (χ0) is 25.1. The summed E-state index contributed by atoms with van der Waals surface area (Å²) in [5.41, 5.74) is 2.56. The number of carbonyl (C=O) groups excluding carboxylic acids is 2. The molecule has 0 N–H and O–H groups in total. The van der Waals surface area contributed by atoms with Crippen molar-refractivity contribution in [3.8, 4) is 5.75 Å². The summed E-state index contributed by atoms with van der Waals surface area (Å²) >= 11 is 6.19. The van der Waals surface area contributed by atoms with Gasteiger partial charge in [0.05, 0.1) is 19.6 Å². The molecule has 2 saturated heterocycles. The van der Waals surface area contributed by atoms with E-state index in [1.165, 1.54) is 11.1 Å². The summed E-state index contributed by atoms with van der Waals surface area (Å²) in [6.45, 7) is 4.98. The normalized spacial score (nSPS) is 22.4. The van der Waals surface area contributed by atoms with Crippen molar-refractivity contribution in [3.63, 3.8) is 0 Å². The molecule has 0 spiro atoms. The number of ether oxygens (including phenoxy) is 2. The second-order valence-corrected chi connectivity index (χ2v) is 10.9. The molecule has 1 atom stereocenters. The van der Waals surface area contributed by atoms with E-state index in [2.05, 4.69) is 12.1 Å². The molecule has 0 bridgehead atoms. The maximum Gasteiger partial charge on any atom is 0.226 e. The summed E-state index contributed by atoms with van der Waals surface area (Å²) in [5.74, 6) is 0.843. The van der Waals surface area contributed by atoms with Crippen LogP contribution in [0, 0.1) is 12.8 Å². The molecule has 0 saturated carbocycles. The number of amides is 2. The number of benzene rings is 2. The maximum absolute atomic E-state index is 13.6. The van der Waals surface area contributed by atoms with Crippen LogP contribution < -0.4 is 4.74 Å². The van der Waals surface area contributed by atoms with Gasteiger partial charge in [0.2, 0.25) is 11.8 Å². The quantitative estimate of drug-likeness (QED) is 0.576. The lowest BCUT2D eigenvalue weighted by molar-refractivity contribution is -0.168. The molecule has 5 rings (SSSR count). The Hall–Kier alpha value is -2.57. The van der Waals surface area contributed by atoms with E-state index < -0.39 is 5.60 Å². The molecule has 2 aromatic rings. The van der Waals surface area contributed by atoms with Gasteiger partial charge >= 0.3 is 0 Å². The van der Waals surface area contributed by atoms with Gasteiger partial charge in [0, 0.05) is 30.6 Å². The van der Waals surface area contributed by atoms with Crippen molar-refractivity contribution in [2.24, 2.45) is 5.92 Å². The van der Waals surface area contributed by atoms with Crippen molar-refractivity contribution < 1.29 is 19.1 Å². The molecule has 3 aliphatic rings. The van der Waals surface area contributed by atoms with Gasteiger partial charge in [-0.1, -0.05) is 35.9 Å². The molecule has 1 aliphatic carbocycles. The zero-order valence-corrected chi connectivity index (χ0v) is 21.8. The predicted octanol–water partition coefficient (Wildman–Crippen LogP) is 4.44. The number of aryl methyl sites for hydroxylation is 1. The third kappa shape index (κ3) is 5.55. The van der Waals surface area contributed by atoms with Crippen LogP contribution in [-0.2, 0) is 27.2 Å². The van der Waals surface area contributed by atoms with Crippen molar-refractivity contribution in [3.05, 3.63) is 64.2 Å². The monoisotopic (exact) mass is 510 g/mol. The Morgan fingerprint density at radius 3 is 2.44 bits per heavy atom. The van der Waals surface area contributed by atoms with Gasteiger partial charge in [-0.3, -0.25) is 9.59 Å². The van der Waals surface area contributed by atoms with Crippen LogP contribution in [0.5, 0.6) is 5.75 Å². The Bertz CT molecular complexity index is 1090. The van der Waals surface area contributed by atoms with E-state index in [-0.39, 0.29) is 30.8 Å². The number of rotatable bonds is 6. The van der Waals surface area contributed by atoms with Crippen molar-refractivity contribution >= 4 is 23.4 Å². The minimum atomic E-state index is -0.887. The minimum absolute atomic E-state index is 0.0594. The van der Waals surface area contributed by atoms with Crippen molar-refractivity contribution in [2.75, 3.05) is 39.4 Å². The van der Waals surface area contributed by atoms with Crippen molar-refractivity contribution in [1.29, 1.82) is 0 Å². The van der Waals surface area contributed by atoms with Gasteiger partial charge in [0.25, 0.3) is 0 Å². The van der Waals surface area contributed by atoms with Crippen LogP contribution in [-0.4, -0.2) is 66.6 Å². The summed E-state index contributed by atoms with van der Waals surface area (Å²) in [4.78, 5) is 30.8. The van der Waals surface area contributed by atoms with Crippen LogP contribution in [0.25, 0.3) is 0 Å². The largest absolute Gasteiger partial charge is 0.490 e. The average molecular weight is 511 g/mol. The Balaban J connectivity index is 1.32. The smallest absolute Gasteiger partial charge is 0.226 e. The van der Waals surface area contributed by atoms with Gasteiger partial charge in [-0.25, -0.2) is 0 Å². The molecule has 0 unspecified atom stereocenters. The van der Waals surface area contributed by atoms with E-state index in [0.29, 0.717) is 30.5 Å². The Morgan fingerprint density at radius 1 is 1.03 bits per heavy atom. The van der Waals surface area contributed by atoms with Crippen molar-refractivity contribution in [1.82, 2.24) is 9.80 Å². The van der Waals surface area contributed by atoms with Gasteiger partial charge in [0.15, 0.2) is 0 Å². The Kier molecular flexibility index (Phi) is 7.54. The predicted molar refractivity (Wildman–Crippen MR) is 139 cm³/mol. The summed E-state index contributed by atoms with van der Waals surface area (Å²) in [7, 11) is 0. The average Bonchev–Trinajstić information content (AvgIpc) is 3.34.